The van der Waals surface area contributed by atoms with Crippen molar-refractivity contribution >= 4 is 32.8 Å². The van der Waals surface area contributed by atoms with Gasteiger partial charge in [0.1, 0.15) is 5.75 Å². The van der Waals surface area contributed by atoms with Gasteiger partial charge in [-0.3, -0.25) is 0 Å². The first kappa shape index (κ1) is 8.07. The largest absolute Gasteiger partial charge is 0.507 e. The highest BCUT2D eigenvalue weighted by Gasteiger charge is 2.00. The summed E-state index contributed by atoms with van der Waals surface area (Å²) in [5, 5.41) is 9.36. The van der Waals surface area contributed by atoms with E-state index in [1.807, 2.05) is 18.2 Å². The SMILES string of the molecule is Oc1c(I)cccc1C[Si]. The first-order valence-corrected chi connectivity index (χ1v) is 4.65. The standard InChI is InChI=1S/C7H6IOSi/c8-6-3-1-2-5(4-10)7(6)9/h1-3,9H,4H2. The van der Waals surface area contributed by atoms with Gasteiger partial charge in [0.15, 0.2) is 0 Å². The lowest BCUT2D eigenvalue weighted by atomic mass is 10.2. The molecule has 0 aromatic heterocycles. The van der Waals surface area contributed by atoms with Crippen molar-refractivity contribution in [1.82, 2.24) is 0 Å². The smallest absolute Gasteiger partial charge is 0.131 e. The zero-order valence-electron chi connectivity index (χ0n) is 5.26. The molecule has 0 amide bonds. The Morgan fingerprint density at radius 3 is 2.70 bits per heavy atom. The van der Waals surface area contributed by atoms with Gasteiger partial charge in [0, 0.05) is 10.2 Å². The third-order valence-corrected chi connectivity index (χ3v) is 2.51. The number of halogens is 1. The van der Waals surface area contributed by atoms with Crippen LogP contribution in [-0.4, -0.2) is 15.3 Å². The molecule has 0 aliphatic carbocycles. The summed E-state index contributed by atoms with van der Waals surface area (Å²) in [6.45, 7) is 0. The highest BCUT2D eigenvalue weighted by atomic mass is 127. The van der Waals surface area contributed by atoms with Crippen molar-refractivity contribution < 1.29 is 5.11 Å². The fourth-order valence-electron chi connectivity index (χ4n) is 0.703. The van der Waals surface area contributed by atoms with Gasteiger partial charge in [-0.25, -0.2) is 0 Å². The predicted octanol–water partition coefficient (Wildman–Crippen LogP) is 1.67. The predicted molar refractivity (Wildman–Crippen MR) is 50.3 cm³/mol. The van der Waals surface area contributed by atoms with Gasteiger partial charge in [-0.2, -0.15) is 0 Å². The second-order valence-electron chi connectivity index (χ2n) is 1.92. The van der Waals surface area contributed by atoms with Crippen LogP contribution >= 0.6 is 22.6 Å². The highest BCUT2D eigenvalue weighted by molar-refractivity contribution is 14.1. The molecular weight excluding hydrogens is 255 g/mol. The van der Waals surface area contributed by atoms with E-state index in [0.29, 0.717) is 11.8 Å². The molecule has 1 rings (SSSR count). The summed E-state index contributed by atoms with van der Waals surface area (Å²) >= 11 is 2.10. The van der Waals surface area contributed by atoms with E-state index in [-0.39, 0.29) is 0 Å². The van der Waals surface area contributed by atoms with Crippen molar-refractivity contribution in [3.8, 4) is 5.75 Å². The Kier molecular flexibility index (Phi) is 2.73. The van der Waals surface area contributed by atoms with E-state index < -0.39 is 0 Å². The summed E-state index contributed by atoms with van der Waals surface area (Å²) in [6, 6.07) is 6.39. The average molecular weight is 261 g/mol. The van der Waals surface area contributed by atoms with Crippen LogP contribution < -0.4 is 0 Å². The van der Waals surface area contributed by atoms with Gasteiger partial charge < -0.3 is 5.11 Å². The monoisotopic (exact) mass is 261 g/mol. The molecule has 51 valence electrons. The molecular formula is C7H6IOSi. The van der Waals surface area contributed by atoms with Crippen molar-refractivity contribution in [3.63, 3.8) is 0 Å². The third-order valence-electron chi connectivity index (χ3n) is 1.26. The van der Waals surface area contributed by atoms with Crippen molar-refractivity contribution in [2.75, 3.05) is 0 Å². The third kappa shape index (κ3) is 1.52. The van der Waals surface area contributed by atoms with Crippen LogP contribution in [0.3, 0.4) is 0 Å². The average Bonchev–Trinajstić information content (AvgIpc) is 1.95. The Hall–Kier alpha value is -0.0331. The van der Waals surface area contributed by atoms with Gasteiger partial charge in [-0.05, 0) is 40.3 Å². The van der Waals surface area contributed by atoms with Crippen LogP contribution in [0.4, 0.5) is 0 Å². The molecule has 0 heterocycles. The number of rotatable bonds is 1. The van der Waals surface area contributed by atoms with Crippen molar-refractivity contribution in [3.05, 3.63) is 27.3 Å². The van der Waals surface area contributed by atoms with Crippen LogP contribution in [0.1, 0.15) is 5.56 Å². The molecule has 10 heavy (non-hydrogen) atoms. The van der Waals surface area contributed by atoms with E-state index in [4.69, 9.17) is 0 Å². The fourth-order valence-corrected chi connectivity index (χ4v) is 1.54. The van der Waals surface area contributed by atoms with Gasteiger partial charge in [0.25, 0.3) is 0 Å². The zero-order valence-corrected chi connectivity index (χ0v) is 8.42. The maximum atomic E-state index is 9.36. The van der Waals surface area contributed by atoms with E-state index in [1.54, 1.807) is 0 Å². The van der Waals surface area contributed by atoms with Crippen molar-refractivity contribution in [1.29, 1.82) is 0 Å². The minimum atomic E-state index is 0.387. The van der Waals surface area contributed by atoms with Crippen LogP contribution in [-0.2, 0) is 6.04 Å². The molecule has 0 saturated carbocycles. The minimum Gasteiger partial charge on any atom is -0.507 e. The van der Waals surface area contributed by atoms with Crippen LogP contribution in [0.15, 0.2) is 18.2 Å². The highest BCUT2D eigenvalue weighted by Crippen LogP contribution is 2.23. The van der Waals surface area contributed by atoms with Crippen LogP contribution in [0.5, 0.6) is 5.75 Å². The molecule has 0 bridgehead atoms. The maximum Gasteiger partial charge on any atom is 0.131 e. The van der Waals surface area contributed by atoms with Crippen LogP contribution in [0.2, 0.25) is 0 Å². The summed E-state index contributed by atoms with van der Waals surface area (Å²) in [7, 11) is 3.33. The molecule has 1 N–H and O–H groups in total. The molecule has 0 aliphatic heterocycles. The van der Waals surface area contributed by atoms with Crippen LogP contribution in [0.25, 0.3) is 0 Å². The van der Waals surface area contributed by atoms with Gasteiger partial charge in [-0.15, -0.1) is 0 Å². The second kappa shape index (κ2) is 3.38. The first-order valence-electron chi connectivity index (χ1n) is 2.86. The number of hydrogen-bond acceptors (Lipinski definition) is 1. The van der Waals surface area contributed by atoms with E-state index in [0.717, 1.165) is 9.13 Å². The van der Waals surface area contributed by atoms with Crippen molar-refractivity contribution in [2.45, 2.75) is 6.04 Å². The number of aromatic hydroxyl groups is 1. The van der Waals surface area contributed by atoms with Gasteiger partial charge in [0.2, 0.25) is 0 Å². The van der Waals surface area contributed by atoms with E-state index >= 15 is 0 Å². The molecule has 0 spiro atoms. The summed E-state index contributed by atoms with van der Waals surface area (Å²) in [5.74, 6) is 0.387. The molecule has 1 nitrogen and oxygen atoms in total. The molecule has 3 radical (unpaired) electrons. The maximum absolute atomic E-state index is 9.36. The molecule has 1 aromatic rings. The molecule has 0 aliphatic rings. The van der Waals surface area contributed by atoms with Gasteiger partial charge in [0.05, 0.1) is 3.57 Å². The summed E-state index contributed by atoms with van der Waals surface area (Å²) in [4.78, 5) is 0. The quantitative estimate of drug-likeness (QED) is 0.602. The first-order chi connectivity index (χ1) is 4.75. The second-order valence-corrected chi connectivity index (χ2v) is 3.44. The molecule has 0 fully saturated rings. The number of benzene rings is 1. The summed E-state index contributed by atoms with van der Waals surface area (Å²) in [5.41, 5.74) is 0.934. The van der Waals surface area contributed by atoms with E-state index in [1.165, 1.54) is 0 Å². The lowest BCUT2D eigenvalue weighted by Crippen LogP contribution is -1.85. The Bertz CT molecular complexity index is 237. The molecule has 0 saturated heterocycles. The number of para-hydroxylation sites is 1. The number of phenolic OH excluding ortho intramolecular Hbond substituents is 1. The van der Waals surface area contributed by atoms with E-state index in [2.05, 4.69) is 32.8 Å². The Labute approximate surface area is 77.0 Å². The Balaban J connectivity index is 3.14. The van der Waals surface area contributed by atoms with Gasteiger partial charge >= 0.3 is 0 Å². The number of phenols is 1. The number of hydrogen-bond donors (Lipinski definition) is 1. The lowest BCUT2D eigenvalue weighted by Gasteiger charge is -2.01. The summed E-state index contributed by atoms with van der Waals surface area (Å²) in [6.07, 6.45) is 0. The Morgan fingerprint density at radius 1 is 1.50 bits per heavy atom. The van der Waals surface area contributed by atoms with E-state index in [9.17, 15) is 5.11 Å². The molecule has 0 atom stereocenters. The minimum absolute atomic E-state index is 0.387. The topological polar surface area (TPSA) is 20.2 Å². The molecule has 1 aromatic carbocycles. The fraction of sp³-hybridized carbons (Fsp3) is 0.143. The summed E-state index contributed by atoms with van der Waals surface area (Å²) < 4.78 is 0.897. The van der Waals surface area contributed by atoms with Crippen LogP contribution in [0, 0.1) is 3.57 Å². The normalized spacial score (nSPS) is 9.80. The molecule has 3 heteroatoms. The Morgan fingerprint density at radius 2 is 2.20 bits per heavy atom. The molecule has 0 unspecified atom stereocenters. The zero-order chi connectivity index (χ0) is 7.56. The lowest BCUT2D eigenvalue weighted by molar-refractivity contribution is 0.466. The van der Waals surface area contributed by atoms with Gasteiger partial charge in [-0.1, -0.05) is 12.1 Å². The van der Waals surface area contributed by atoms with Crippen molar-refractivity contribution in [2.24, 2.45) is 0 Å².